The van der Waals surface area contributed by atoms with E-state index in [-0.39, 0.29) is 5.69 Å². The molecule has 0 radical (unpaired) electrons. The third kappa shape index (κ3) is 3.14. The molecule has 0 atom stereocenters. The highest BCUT2D eigenvalue weighted by atomic mass is 16.5. The van der Waals surface area contributed by atoms with Crippen molar-refractivity contribution in [3.05, 3.63) is 47.8 Å². The van der Waals surface area contributed by atoms with Gasteiger partial charge in [-0.25, -0.2) is 14.5 Å². The molecule has 8 heteroatoms. The second-order valence-electron chi connectivity index (χ2n) is 7.57. The maximum Gasteiger partial charge on any atom is 0.354 e. The molecule has 2 aromatic heterocycles. The molecule has 2 aliphatic rings. The topological polar surface area (TPSA) is 83.7 Å². The highest BCUT2D eigenvalue weighted by Crippen LogP contribution is 2.34. The van der Waals surface area contributed by atoms with E-state index in [4.69, 9.17) is 4.74 Å². The molecule has 2 fully saturated rings. The molecule has 5 rings (SSSR count). The Morgan fingerprint density at radius 2 is 1.90 bits per heavy atom. The van der Waals surface area contributed by atoms with Gasteiger partial charge in [0.15, 0.2) is 11.3 Å². The number of anilines is 1. The lowest BCUT2D eigenvalue weighted by molar-refractivity contribution is 0.0106. The van der Waals surface area contributed by atoms with E-state index in [1.807, 2.05) is 37.3 Å². The molecule has 29 heavy (non-hydrogen) atoms. The third-order valence-electron chi connectivity index (χ3n) is 5.78. The first-order chi connectivity index (χ1) is 14.1. The summed E-state index contributed by atoms with van der Waals surface area (Å²) in [5, 5.41) is 15.2. The lowest BCUT2D eigenvalue weighted by Crippen LogP contribution is -2.61. The number of hydrogen-bond acceptors (Lipinski definition) is 6. The van der Waals surface area contributed by atoms with Crippen molar-refractivity contribution >= 4 is 22.7 Å². The monoisotopic (exact) mass is 393 g/mol. The minimum absolute atomic E-state index is 0.0411. The Labute approximate surface area is 168 Å². The van der Waals surface area contributed by atoms with Crippen molar-refractivity contribution in [1.82, 2.24) is 19.7 Å². The van der Waals surface area contributed by atoms with Gasteiger partial charge in [0.2, 0.25) is 0 Å². The van der Waals surface area contributed by atoms with E-state index in [0.717, 1.165) is 61.8 Å². The minimum Gasteiger partial charge on any atom is -0.477 e. The summed E-state index contributed by atoms with van der Waals surface area (Å²) in [6.45, 7) is 7.16. The van der Waals surface area contributed by atoms with Crippen LogP contribution in [0.15, 0.2) is 36.4 Å². The smallest absolute Gasteiger partial charge is 0.354 e. The number of carboxylic acids is 1. The molecule has 0 aliphatic carbocycles. The van der Waals surface area contributed by atoms with Gasteiger partial charge in [0.1, 0.15) is 0 Å². The Hall–Kier alpha value is -2.97. The van der Waals surface area contributed by atoms with Gasteiger partial charge >= 0.3 is 5.97 Å². The second-order valence-corrected chi connectivity index (χ2v) is 7.57. The fraction of sp³-hybridized carbons (Fsp3) is 0.381. The molecule has 8 nitrogen and oxygen atoms in total. The third-order valence-corrected chi connectivity index (χ3v) is 5.78. The summed E-state index contributed by atoms with van der Waals surface area (Å²) in [5.41, 5.74) is 3.23. The average molecular weight is 393 g/mol. The molecule has 0 amide bonds. The Balaban J connectivity index is 1.55. The first-order valence-corrected chi connectivity index (χ1v) is 9.87. The largest absolute Gasteiger partial charge is 0.477 e. The number of pyridine rings is 1. The van der Waals surface area contributed by atoms with Crippen LogP contribution in [-0.2, 0) is 4.74 Å². The zero-order valence-corrected chi connectivity index (χ0v) is 16.3. The summed E-state index contributed by atoms with van der Waals surface area (Å²) in [6, 6.07) is 11.8. The van der Waals surface area contributed by atoms with E-state index < -0.39 is 5.97 Å². The van der Waals surface area contributed by atoms with Gasteiger partial charge < -0.3 is 14.7 Å². The number of benzene rings is 1. The molecule has 1 aromatic carbocycles. The van der Waals surface area contributed by atoms with Gasteiger partial charge in [-0.3, -0.25) is 4.90 Å². The van der Waals surface area contributed by atoms with E-state index >= 15 is 0 Å². The number of aromatic nitrogens is 3. The van der Waals surface area contributed by atoms with Gasteiger partial charge in [-0.1, -0.05) is 18.2 Å². The van der Waals surface area contributed by atoms with Crippen molar-refractivity contribution in [2.24, 2.45) is 0 Å². The van der Waals surface area contributed by atoms with Crippen LogP contribution in [0.25, 0.3) is 16.7 Å². The normalized spacial score (nSPS) is 18.2. The number of fused-ring (bicyclic) bond motifs is 1. The Morgan fingerprint density at radius 1 is 1.17 bits per heavy atom. The second kappa shape index (κ2) is 7.13. The van der Waals surface area contributed by atoms with E-state index in [1.54, 1.807) is 10.7 Å². The van der Waals surface area contributed by atoms with Crippen molar-refractivity contribution < 1.29 is 14.6 Å². The molecule has 2 saturated heterocycles. The molecule has 0 unspecified atom stereocenters. The predicted octanol–water partition coefficient (Wildman–Crippen LogP) is 1.95. The van der Waals surface area contributed by atoms with E-state index in [0.29, 0.717) is 11.7 Å². The molecule has 0 spiro atoms. The number of carboxylic acid groups (broad SMARTS) is 1. The standard InChI is InChI=1S/C21H23N5O3/c1-14-19-18(25-12-16(13-25)24-7-9-29-10-8-24)11-17(21(27)28)22-20(19)26(23-14)15-5-3-2-4-6-15/h2-6,11,16H,7-10,12-13H2,1H3,(H,27,28). The Morgan fingerprint density at radius 3 is 2.59 bits per heavy atom. The zero-order valence-electron chi connectivity index (χ0n) is 16.3. The number of para-hydroxylation sites is 1. The summed E-state index contributed by atoms with van der Waals surface area (Å²) in [7, 11) is 0. The molecule has 4 heterocycles. The lowest BCUT2D eigenvalue weighted by Gasteiger charge is -2.47. The van der Waals surface area contributed by atoms with Gasteiger partial charge in [-0.05, 0) is 25.1 Å². The van der Waals surface area contributed by atoms with E-state index in [1.165, 1.54) is 0 Å². The van der Waals surface area contributed by atoms with Crippen molar-refractivity contribution in [2.75, 3.05) is 44.3 Å². The Kier molecular flexibility index (Phi) is 4.44. The van der Waals surface area contributed by atoms with Crippen LogP contribution in [0.4, 0.5) is 5.69 Å². The Bertz CT molecular complexity index is 1050. The van der Waals surface area contributed by atoms with Crippen molar-refractivity contribution in [2.45, 2.75) is 13.0 Å². The number of aryl methyl sites for hydroxylation is 1. The predicted molar refractivity (Wildman–Crippen MR) is 109 cm³/mol. The summed E-state index contributed by atoms with van der Waals surface area (Å²) in [6.07, 6.45) is 0. The van der Waals surface area contributed by atoms with Gasteiger partial charge in [0.25, 0.3) is 0 Å². The SMILES string of the molecule is Cc1nn(-c2ccccc2)c2nc(C(=O)O)cc(N3CC(N4CCOCC4)C3)c12. The van der Waals surface area contributed by atoms with Crippen LogP contribution in [0, 0.1) is 6.92 Å². The van der Waals surface area contributed by atoms with Crippen molar-refractivity contribution in [3.8, 4) is 5.69 Å². The lowest BCUT2D eigenvalue weighted by atomic mass is 10.0. The number of nitrogens with zero attached hydrogens (tertiary/aromatic N) is 5. The van der Waals surface area contributed by atoms with Gasteiger partial charge in [-0.2, -0.15) is 5.10 Å². The molecule has 0 saturated carbocycles. The van der Waals surface area contributed by atoms with Gasteiger partial charge in [0.05, 0.1) is 35.7 Å². The number of rotatable bonds is 4. The fourth-order valence-corrected chi connectivity index (χ4v) is 4.20. The number of morpholine rings is 1. The summed E-state index contributed by atoms with van der Waals surface area (Å²) in [5.74, 6) is -1.03. The highest BCUT2D eigenvalue weighted by Gasteiger charge is 2.35. The van der Waals surface area contributed by atoms with Crippen molar-refractivity contribution in [3.63, 3.8) is 0 Å². The van der Waals surface area contributed by atoms with Crippen LogP contribution in [0.2, 0.25) is 0 Å². The van der Waals surface area contributed by atoms with Crippen LogP contribution in [0.1, 0.15) is 16.2 Å². The zero-order chi connectivity index (χ0) is 20.0. The van der Waals surface area contributed by atoms with Crippen LogP contribution in [-0.4, -0.2) is 76.2 Å². The minimum atomic E-state index is -1.03. The number of carbonyl (C=O) groups is 1. The molecule has 150 valence electrons. The fourth-order valence-electron chi connectivity index (χ4n) is 4.20. The highest BCUT2D eigenvalue weighted by molar-refractivity contribution is 5.98. The maximum absolute atomic E-state index is 11.8. The molecule has 3 aromatic rings. The summed E-state index contributed by atoms with van der Waals surface area (Å²) in [4.78, 5) is 20.9. The van der Waals surface area contributed by atoms with Crippen LogP contribution >= 0.6 is 0 Å². The van der Waals surface area contributed by atoms with E-state index in [2.05, 4.69) is 19.9 Å². The maximum atomic E-state index is 11.8. The summed E-state index contributed by atoms with van der Waals surface area (Å²) >= 11 is 0. The molecule has 0 bridgehead atoms. The molecular weight excluding hydrogens is 370 g/mol. The van der Waals surface area contributed by atoms with E-state index in [9.17, 15) is 9.90 Å². The number of ether oxygens (including phenoxy) is 1. The van der Waals surface area contributed by atoms with Crippen LogP contribution < -0.4 is 4.90 Å². The number of aromatic carboxylic acids is 1. The molecular formula is C21H23N5O3. The first kappa shape index (κ1) is 18.1. The van der Waals surface area contributed by atoms with Crippen LogP contribution in [0.3, 0.4) is 0 Å². The first-order valence-electron chi connectivity index (χ1n) is 9.87. The van der Waals surface area contributed by atoms with Gasteiger partial charge in [0, 0.05) is 32.2 Å². The van der Waals surface area contributed by atoms with Crippen LogP contribution in [0.5, 0.6) is 0 Å². The average Bonchev–Trinajstić information content (AvgIpc) is 3.05. The van der Waals surface area contributed by atoms with Gasteiger partial charge in [-0.15, -0.1) is 0 Å². The summed E-state index contributed by atoms with van der Waals surface area (Å²) < 4.78 is 7.19. The number of hydrogen-bond donors (Lipinski definition) is 1. The van der Waals surface area contributed by atoms with Crippen molar-refractivity contribution in [1.29, 1.82) is 0 Å². The molecule has 1 N–H and O–H groups in total. The quantitative estimate of drug-likeness (QED) is 0.725. The molecule has 2 aliphatic heterocycles.